The summed E-state index contributed by atoms with van der Waals surface area (Å²) in [5.74, 6) is -1.24. The summed E-state index contributed by atoms with van der Waals surface area (Å²) >= 11 is 0. The molecule has 7 nitrogen and oxygen atoms in total. The van der Waals surface area contributed by atoms with E-state index >= 15 is 0 Å². The molecule has 2 aromatic carbocycles. The van der Waals surface area contributed by atoms with E-state index in [0.29, 0.717) is 12.8 Å². The van der Waals surface area contributed by atoms with Crippen LogP contribution in [0.4, 0.5) is 4.79 Å². The van der Waals surface area contributed by atoms with Crippen molar-refractivity contribution in [1.29, 1.82) is 0 Å². The van der Waals surface area contributed by atoms with Crippen molar-refractivity contribution >= 4 is 18.0 Å². The van der Waals surface area contributed by atoms with Crippen molar-refractivity contribution in [3.8, 4) is 11.1 Å². The Balaban J connectivity index is 1.57. The Kier molecular flexibility index (Phi) is 9.08. The van der Waals surface area contributed by atoms with Gasteiger partial charge in [-0.1, -0.05) is 75.2 Å². The highest BCUT2D eigenvalue weighted by Crippen LogP contribution is 2.44. The Hall–Kier alpha value is -3.35. The molecule has 0 radical (unpaired) electrons. The average Bonchev–Trinajstić information content (AvgIpc) is 3.11. The molecular formula is C27H34N2O5. The number of ether oxygens (including phenoxy) is 1. The molecule has 0 aliphatic heterocycles. The number of carboxylic acid groups (broad SMARTS) is 1. The molecule has 3 N–H and O–H groups in total. The van der Waals surface area contributed by atoms with Gasteiger partial charge in [0.05, 0.1) is 6.42 Å². The van der Waals surface area contributed by atoms with Crippen LogP contribution >= 0.6 is 0 Å². The van der Waals surface area contributed by atoms with Gasteiger partial charge in [-0.05, 0) is 35.1 Å². The van der Waals surface area contributed by atoms with Crippen molar-refractivity contribution in [2.24, 2.45) is 0 Å². The van der Waals surface area contributed by atoms with Crippen molar-refractivity contribution in [3.63, 3.8) is 0 Å². The van der Waals surface area contributed by atoms with E-state index in [1.54, 1.807) is 0 Å². The molecule has 2 aromatic rings. The van der Waals surface area contributed by atoms with Crippen LogP contribution in [0.25, 0.3) is 11.1 Å². The minimum absolute atomic E-state index is 0.0307. The predicted molar refractivity (Wildman–Crippen MR) is 131 cm³/mol. The molecule has 0 unspecified atom stereocenters. The van der Waals surface area contributed by atoms with Gasteiger partial charge in [-0.15, -0.1) is 0 Å². The second-order valence-corrected chi connectivity index (χ2v) is 8.81. The van der Waals surface area contributed by atoms with Gasteiger partial charge in [0.2, 0.25) is 5.91 Å². The number of alkyl carbamates (subject to hydrolysis) is 1. The van der Waals surface area contributed by atoms with Gasteiger partial charge in [-0.2, -0.15) is 0 Å². The largest absolute Gasteiger partial charge is 0.481 e. The standard InChI is InChI=1S/C27H34N2O5/c1-3-9-18(15-25(30)28-19(10-4-2)16-26(31)32)29-27(33)34-17-24-22-13-7-5-11-20(22)21-12-6-8-14-23(21)24/h5-8,11-14,18-19,24H,3-4,9-10,15-17H2,1-2H3,(H,28,30)(H,29,33)(H,31,32)/t18-,19+/m0/s1. The number of hydrogen-bond acceptors (Lipinski definition) is 4. The maximum absolute atomic E-state index is 12.6. The molecular weight excluding hydrogens is 432 g/mol. The number of nitrogens with one attached hydrogen (secondary N) is 2. The molecule has 2 atom stereocenters. The van der Waals surface area contributed by atoms with Gasteiger partial charge in [-0.25, -0.2) is 4.79 Å². The summed E-state index contributed by atoms with van der Waals surface area (Å²) in [4.78, 5) is 36.2. The first-order chi connectivity index (χ1) is 16.4. The van der Waals surface area contributed by atoms with E-state index in [2.05, 4.69) is 34.9 Å². The highest BCUT2D eigenvalue weighted by atomic mass is 16.5. The zero-order valence-corrected chi connectivity index (χ0v) is 19.9. The summed E-state index contributed by atoms with van der Waals surface area (Å²) in [6.07, 6.45) is 2.19. The normalized spacial score (nSPS) is 13.9. The van der Waals surface area contributed by atoms with Crippen LogP contribution in [-0.4, -0.2) is 41.8 Å². The summed E-state index contributed by atoms with van der Waals surface area (Å²) in [6, 6.07) is 15.5. The van der Waals surface area contributed by atoms with Crippen LogP contribution in [0.15, 0.2) is 48.5 Å². The maximum atomic E-state index is 12.6. The summed E-state index contributed by atoms with van der Waals surface area (Å²) in [6.45, 7) is 4.14. The van der Waals surface area contributed by atoms with Gasteiger partial charge >= 0.3 is 12.1 Å². The minimum Gasteiger partial charge on any atom is -0.481 e. The van der Waals surface area contributed by atoms with Gasteiger partial charge in [0.25, 0.3) is 0 Å². The molecule has 0 aromatic heterocycles. The Morgan fingerprint density at radius 1 is 0.853 bits per heavy atom. The zero-order valence-electron chi connectivity index (χ0n) is 19.9. The first kappa shape index (κ1) is 25.3. The predicted octanol–water partition coefficient (Wildman–Crippen LogP) is 4.84. The maximum Gasteiger partial charge on any atom is 0.407 e. The summed E-state index contributed by atoms with van der Waals surface area (Å²) in [7, 11) is 0. The molecule has 2 amide bonds. The highest BCUT2D eigenvalue weighted by molar-refractivity contribution is 5.80. The van der Waals surface area contributed by atoms with Crippen LogP contribution in [0.3, 0.4) is 0 Å². The van der Waals surface area contributed by atoms with Crippen LogP contribution in [0.1, 0.15) is 69.4 Å². The third-order valence-corrected chi connectivity index (χ3v) is 6.16. The molecule has 0 spiro atoms. The molecule has 34 heavy (non-hydrogen) atoms. The summed E-state index contributed by atoms with van der Waals surface area (Å²) in [5, 5.41) is 14.7. The number of carbonyl (C=O) groups excluding carboxylic acids is 2. The SMILES string of the molecule is CCC[C@H](CC(=O)O)NC(=O)C[C@H](CCC)NC(=O)OCC1c2ccccc2-c2ccccc21. The number of fused-ring (bicyclic) bond motifs is 3. The Morgan fingerprint density at radius 3 is 1.91 bits per heavy atom. The van der Waals surface area contributed by atoms with Crippen molar-refractivity contribution in [1.82, 2.24) is 10.6 Å². The smallest absolute Gasteiger partial charge is 0.407 e. The molecule has 1 aliphatic carbocycles. The van der Waals surface area contributed by atoms with Crippen LogP contribution in [0.2, 0.25) is 0 Å². The topological polar surface area (TPSA) is 105 Å². The lowest BCUT2D eigenvalue weighted by Crippen LogP contribution is -2.42. The number of carboxylic acids is 1. The monoisotopic (exact) mass is 466 g/mol. The van der Waals surface area contributed by atoms with E-state index in [-0.39, 0.29) is 37.3 Å². The van der Waals surface area contributed by atoms with Crippen LogP contribution in [-0.2, 0) is 14.3 Å². The van der Waals surface area contributed by atoms with E-state index in [0.717, 1.165) is 35.1 Å². The molecule has 0 saturated heterocycles. The van der Waals surface area contributed by atoms with E-state index in [9.17, 15) is 14.4 Å². The van der Waals surface area contributed by atoms with Gasteiger partial charge in [-0.3, -0.25) is 9.59 Å². The second-order valence-electron chi connectivity index (χ2n) is 8.81. The van der Waals surface area contributed by atoms with E-state index in [1.165, 1.54) is 0 Å². The van der Waals surface area contributed by atoms with Crippen molar-refractivity contribution < 1.29 is 24.2 Å². The number of hydrogen-bond donors (Lipinski definition) is 3. The van der Waals surface area contributed by atoms with Gasteiger partial charge < -0.3 is 20.5 Å². The molecule has 182 valence electrons. The Morgan fingerprint density at radius 2 is 1.38 bits per heavy atom. The first-order valence-electron chi connectivity index (χ1n) is 12.1. The number of benzene rings is 2. The fourth-order valence-corrected chi connectivity index (χ4v) is 4.68. The van der Waals surface area contributed by atoms with Crippen molar-refractivity contribution in [2.45, 2.75) is 70.4 Å². The fourth-order valence-electron chi connectivity index (χ4n) is 4.68. The molecule has 0 bridgehead atoms. The van der Waals surface area contributed by atoms with E-state index in [4.69, 9.17) is 9.84 Å². The first-order valence-corrected chi connectivity index (χ1v) is 12.1. The lowest BCUT2D eigenvalue weighted by atomic mass is 9.98. The van der Waals surface area contributed by atoms with Gasteiger partial charge in [0.15, 0.2) is 0 Å². The van der Waals surface area contributed by atoms with Crippen LogP contribution in [0.5, 0.6) is 0 Å². The minimum atomic E-state index is -0.944. The molecule has 0 saturated carbocycles. The average molecular weight is 467 g/mol. The molecule has 1 aliphatic rings. The number of rotatable bonds is 12. The second kappa shape index (κ2) is 12.2. The molecule has 0 fully saturated rings. The lowest BCUT2D eigenvalue weighted by molar-refractivity contribution is -0.137. The quantitative estimate of drug-likeness (QED) is 0.415. The van der Waals surface area contributed by atoms with Crippen molar-refractivity contribution in [2.75, 3.05) is 6.61 Å². The van der Waals surface area contributed by atoms with E-state index < -0.39 is 18.1 Å². The van der Waals surface area contributed by atoms with Gasteiger partial charge in [0, 0.05) is 24.4 Å². The Labute approximate surface area is 200 Å². The van der Waals surface area contributed by atoms with Crippen LogP contribution < -0.4 is 10.6 Å². The zero-order chi connectivity index (χ0) is 24.5. The summed E-state index contributed by atoms with van der Waals surface area (Å²) in [5.41, 5.74) is 4.61. The van der Waals surface area contributed by atoms with Crippen molar-refractivity contribution in [3.05, 3.63) is 59.7 Å². The summed E-state index contributed by atoms with van der Waals surface area (Å²) < 4.78 is 5.61. The van der Waals surface area contributed by atoms with Gasteiger partial charge in [0.1, 0.15) is 6.61 Å². The number of aliphatic carboxylic acids is 1. The Bertz CT molecular complexity index is 961. The van der Waals surface area contributed by atoms with Crippen LogP contribution in [0, 0.1) is 0 Å². The molecule has 7 heteroatoms. The fraction of sp³-hybridized carbons (Fsp3) is 0.444. The highest BCUT2D eigenvalue weighted by Gasteiger charge is 2.29. The molecule has 3 rings (SSSR count). The number of amides is 2. The number of carbonyl (C=O) groups is 3. The molecule has 0 heterocycles. The van der Waals surface area contributed by atoms with E-state index in [1.807, 2.05) is 38.1 Å². The third kappa shape index (κ3) is 6.59. The lowest BCUT2D eigenvalue weighted by Gasteiger charge is -2.21. The third-order valence-electron chi connectivity index (χ3n) is 6.16.